The Bertz CT molecular complexity index is 906. The summed E-state index contributed by atoms with van der Waals surface area (Å²) in [5.74, 6) is 1.96. The molecule has 27 heavy (non-hydrogen) atoms. The van der Waals surface area contributed by atoms with Crippen molar-refractivity contribution >= 4 is 17.2 Å². The highest BCUT2D eigenvalue weighted by atomic mass is 32.1. The number of benzene rings is 1. The average molecular weight is 383 g/mol. The SMILES string of the molecule is Cc1ccc(C(=O)N2CCCC(c3nnc(COc4ccccc4)o3)C2)s1. The van der Waals surface area contributed by atoms with Gasteiger partial charge in [-0.05, 0) is 44.0 Å². The van der Waals surface area contributed by atoms with Crippen LogP contribution in [0.1, 0.15) is 45.1 Å². The van der Waals surface area contributed by atoms with Crippen molar-refractivity contribution in [1.82, 2.24) is 15.1 Å². The molecular formula is C20H21N3O3S. The lowest BCUT2D eigenvalue weighted by Crippen LogP contribution is -2.38. The zero-order chi connectivity index (χ0) is 18.6. The predicted octanol–water partition coefficient (Wildman–Crippen LogP) is 4.04. The van der Waals surface area contributed by atoms with Gasteiger partial charge in [0.1, 0.15) is 5.75 Å². The summed E-state index contributed by atoms with van der Waals surface area (Å²) in [5, 5.41) is 8.29. The van der Waals surface area contributed by atoms with Crippen molar-refractivity contribution in [2.75, 3.05) is 13.1 Å². The lowest BCUT2D eigenvalue weighted by atomic mass is 9.98. The fourth-order valence-electron chi connectivity index (χ4n) is 3.22. The first-order valence-corrected chi connectivity index (χ1v) is 9.86. The van der Waals surface area contributed by atoms with Crippen LogP contribution in [0, 0.1) is 6.92 Å². The van der Waals surface area contributed by atoms with Crippen molar-refractivity contribution in [3.8, 4) is 5.75 Å². The number of hydrogen-bond donors (Lipinski definition) is 0. The summed E-state index contributed by atoms with van der Waals surface area (Å²) in [6.45, 7) is 3.63. The van der Waals surface area contributed by atoms with Gasteiger partial charge in [-0.1, -0.05) is 18.2 Å². The molecule has 3 aromatic rings. The maximum atomic E-state index is 12.7. The molecule has 1 aliphatic heterocycles. The number of likely N-dealkylation sites (tertiary alicyclic amines) is 1. The predicted molar refractivity (Wildman–Crippen MR) is 102 cm³/mol. The Labute approximate surface area is 161 Å². The number of amides is 1. The van der Waals surface area contributed by atoms with E-state index >= 15 is 0 Å². The zero-order valence-electron chi connectivity index (χ0n) is 15.1. The van der Waals surface area contributed by atoms with Gasteiger partial charge in [0.15, 0.2) is 6.61 Å². The molecule has 140 valence electrons. The zero-order valence-corrected chi connectivity index (χ0v) is 15.9. The van der Waals surface area contributed by atoms with E-state index < -0.39 is 0 Å². The molecular weight excluding hydrogens is 362 g/mol. The van der Waals surface area contributed by atoms with Crippen molar-refractivity contribution in [3.63, 3.8) is 0 Å². The average Bonchev–Trinajstić information content (AvgIpc) is 3.36. The van der Waals surface area contributed by atoms with Crippen molar-refractivity contribution in [3.05, 3.63) is 64.0 Å². The van der Waals surface area contributed by atoms with Gasteiger partial charge < -0.3 is 14.1 Å². The Kier molecular flexibility index (Phi) is 5.20. The molecule has 1 atom stereocenters. The summed E-state index contributed by atoms with van der Waals surface area (Å²) >= 11 is 1.54. The molecule has 4 rings (SSSR count). The van der Waals surface area contributed by atoms with Crippen molar-refractivity contribution in [2.45, 2.75) is 32.3 Å². The summed E-state index contributed by atoms with van der Waals surface area (Å²) in [6.07, 6.45) is 1.87. The van der Waals surface area contributed by atoms with Crippen LogP contribution < -0.4 is 4.74 Å². The minimum atomic E-state index is 0.0711. The van der Waals surface area contributed by atoms with Crippen LogP contribution in [0.15, 0.2) is 46.9 Å². The summed E-state index contributed by atoms with van der Waals surface area (Å²) in [6, 6.07) is 13.4. The second kappa shape index (κ2) is 7.92. The molecule has 1 aromatic carbocycles. The number of aryl methyl sites for hydroxylation is 1. The van der Waals surface area contributed by atoms with E-state index in [9.17, 15) is 4.79 Å². The monoisotopic (exact) mass is 383 g/mol. The number of piperidine rings is 1. The number of aromatic nitrogens is 2. The van der Waals surface area contributed by atoms with Crippen molar-refractivity contribution in [1.29, 1.82) is 0 Å². The maximum Gasteiger partial charge on any atom is 0.263 e. The van der Waals surface area contributed by atoms with Crippen LogP contribution in [0.4, 0.5) is 0 Å². The highest BCUT2D eigenvalue weighted by Crippen LogP contribution is 2.28. The molecule has 7 heteroatoms. The fourth-order valence-corrected chi connectivity index (χ4v) is 4.06. The van der Waals surface area contributed by atoms with Crippen LogP contribution in [0.2, 0.25) is 0 Å². The molecule has 1 unspecified atom stereocenters. The Morgan fingerprint density at radius 1 is 1.26 bits per heavy atom. The molecule has 0 N–H and O–H groups in total. The molecule has 0 bridgehead atoms. The molecule has 1 amide bonds. The summed E-state index contributed by atoms with van der Waals surface area (Å²) in [4.78, 5) is 16.5. The largest absolute Gasteiger partial charge is 0.484 e. The number of hydrogen-bond acceptors (Lipinski definition) is 6. The highest BCUT2D eigenvalue weighted by Gasteiger charge is 2.29. The lowest BCUT2D eigenvalue weighted by molar-refractivity contribution is 0.0702. The Morgan fingerprint density at radius 3 is 2.89 bits per heavy atom. The van der Waals surface area contributed by atoms with Crippen LogP contribution in [0.25, 0.3) is 0 Å². The van der Waals surface area contributed by atoms with Gasteiger partial charge in [0.2, 0.25) is 5.89 Å². The van der Waals surface area contributed by atoms with E-state index in [1.54, 1.807) is 0 Å². The van der Waals surface area contributed by atoms with Gasteiger partial charge in [0.05, 0.1) is 10.8 Å². The van der Waals surface area contributed by atoms with E-state index in [-0.39, 0.29) is 18.4 Å². The summed E-state index contributed by atoms with van der Waals surface area (Å²) < 4.78 is 11.5. The third-order valence-corrected chi connectivity index (χ3v) is 5.59. The van der Waals surface area contributed by atoms with Crippen molar-refractivity contribution in [2.24, 2.45) is 0 Å². The summed E-state index contributed by atoms with van der Waals surface area (Å²) in [5.41, 5.74) is 0. The maximum absolute atomic E-state index is 12.7. The molecule has 1 fully saturated rings. The Balaban J connectivity index is 1.38. The van der Waals surface area contributed by atoms with E-state index in [4.69, 9.17) is 9.15 Å². The van der Waals surface area contributed by atoms with Crippen LogP contribution in [-0.2, 0) is 6.61 Å². The normalized spacial score (nSPS) is 17.1. The van der Waals surface area contributed by atoms with Gasteiger partial charge in [-0.15, -0.1) is 21.5 Å². The first kappa shape index (κ1) is 17.7. The number of thiophene rings is 1. The van der Waals surface area contributed by atoms with E-state index in [2.05, 4.69) is 10.2 Å². The van der Waals surface area contributed by atoms with E-state index in [1.807, 2.05) is 54.3 Å². The van der Waals surface area contributed by atoms with E-state index in [0.717, 1.165) is 34.9 Å². The van der Waals surface area contributed by atoms with Crippen LogP contribution in [0.5, 0.6) is 5.75 Å². The molecule has 2 aromatic heterocycles. The van der Waals surface area contributed by atoms with Crippen molar-refractivity contribution < 1.29 is 13.9 Å². The first-order chi connectivity index (χ1) is 13.2. The molecule has 1 saturated heterocycles. The third kappa shape index (κ3) is 4.19. The second-order valence-electron chi connectivity index (χ2n) is 6.64. The summed E-state index contributed by atoms with van der Waals surface area (Å²) in [7, 11) is 0. The van der Waals surface area contributed by atoms with E-state index in [1.165, 1.54) is 11.3 Å². The number of para-hydroxylation sites is 1. The van der Waals surface area contributed by atoms with Gasteiger partial charge in [0, 0.05) is 18.0 Å². The van der Waals surface area contributed by atoms with Crippen LogP contribution in [0.3, 0.4) is 0 Å². The topological polar surface area (TPSA) is 68.5 Å². The van der Waals surface area contributed by atoms with Gasteiger partial charge in [-0.3, -0.25) is 4.79 Å². The number of ether oxygens (including phenoxy) is 1. The minimum absolute atomic E-state index is 0.0711. The Hall–Kier alpha value is -2.67. The van der Waals surface area contributed by atoms with Gasteiger partial charge in [-0.2, -0.15) is 0 Å². The van der Waals surface area contributed by atoms with E-state index in [0.29, 0.717) is 18.3 Å². The smallest absolute Gasteiger partial charge is 0.263 e. The fraction of sp³-hybridized carbons (Fsp3) is 0.350. The molecule has 1 aliphatic rings. The first-order valence-electron chi connectivity index (χ1n) is 9.05. The molecule has 0 spiro atoms. The standard InChI is InChI=1S/C20H21N3O3S/c1-14-9-10-17(27-14)20(24)23-11-5-6-15(12-23)19-22-21-18(26-19)13-25-16-7-3-2-4-8-16/h2-4,7-10,15H,5-6,11-13H2,1H3. The molecule has 0 saturated carbocycles. The molecule has 0 radical (unpaired) electrons. The van der Waals surface area contributed by atoms with Gasteiger partial charge in [0.25, 0.3) is 11.8 Å². The molecule has 3 heterocycles. The number of rotatable bonds is 5. The number of carbonyl (C=O) groups excluding carboxylic acids is 1. The van der Waals surface area contributed by atoms with Gasteiger partial charge in [-0.25, -0.2) is 0 Å². The Morgan fingerprint density at radius 2 is 2.11 bits per heavy atom. The number of nitrogens with zero attached hydrogens (tertiary/aromatic N) is 3. The number of carbonyl (C=O) groups is 1. The quantitative estimate of drug-likeness (QED) is 0.665. The highest BCUT2D eigenvalue weighted by molar-refractivity contribution is 7.13. The van der Waals surface area contributed by atoms with Gasteiger partial charge >= 0.3 is 0 Å². The molecule has 6 nitrogen and oxygen atoms in total. The molecule has 0 aliphatic carbocycles. The lowest BCUT2D eigenvalue weighted by Gasteiger charge is -2.30. The van der Waals surface area contributed by atoms with Crippen LogP contribution in [-0.4, -0.2) is 34.1 Å². The third-order valence-electron chi connectivity index (χ3n) is 4.60. The minimum Gasteiger partial charge on any atom is -0.484 e. The second-order valence-corrected chi connectivity index (χ2v) is 7.92. The van der Waals surface area contributed by atoms with Crippen LogP contribution >= 0.6 is 11.3 Å².